The molecule has 1 heterocycles. The van der Waals surface area contributed by atoms with E-state index in [1.807, 2.05) is 0 Å². The van der Waals surface area contributed by atoms with Crippen LogP contribution < -0.4 is 11.1 Å². The van der Waals surface area contributed by atoms with Crippen molar-refractivity contribution in [3.8, 4) is 0 Å². The van der Waals surface area contributed by atoms with Crippen molar-refractivity contribution >= 4 is 29.0 Å². The zero-order valence-corrected chi connectivity index (χ0v) is 11.4. The van der Waals surface area contributed by atoms with Gasteiger partial charge in [0, 0.05) is 18.4 Å². The van der Waals surface area contributed by atoms with Gasteiger partial charge in [0.15, 0.2) is 0 Å². The minimum absolute atomic E-state index is 0.126. The van der Waals surface area contributed by atoms with Crippen LogP contribution in [0.15, 0.2) is 29.4 Å². The van der Waals surface area contributed by atoms with E-state index in [1.54, 1.807) is 38.2 Å². The number of carbonyl (C=O) groups is 1. The summed E-state index contributed by atoms with van der Waals surface area (Å²) in [5.74, 6) is -0.126. The number of thioether (sulfide) groups is 1. The number of anilines is 2. The number of hydrogen-bond donors (Lipinski definition) is 2. The van der Waals surface area contributed by atoms with E-state index < -0.39 is 0 Å². The summed E-state index contributed by atoms with van der Waals surface area (Å²) < 4.78 is 1.52. The van der Waals surface area contributed by atoms with Gasteiger partial charge in [0.25, 0.3) is 0 Å². The lowest BCUT2D eigenvalue weighted by Crippen LogP contribution is -2.22. The first-order valence-electron chi connectivity index (χ1n) is 5.61. The molecule has 0 spiro atoms. The second-order valence-electron chi connectivity index (χ2n) is 3.96. The number of hydrogen-bond acceptors (Lipinski definition) is 6. The number of nitrogens with two attached hydrogens (primary N) is 1. The van der Waals surface area contributed by atoms with Crippen molar-refractivity contribution in [2.24, 2.45) is 7.05 Å². The Balaban J connectivity index is 1.98. The fourth-order valence-corrected chi connectivity index (χ4v) is 2.15. The predicted octanol–water partition coefficient (Wildman–Crippen LogP) is 0.912. The van der Waals surface area contributed by atoms with Crippen molar-refractivity contribution in [2.45, 2.75) is 17.3 Å². The standard InChI is InChI=1S/C11H14N6OS/c1-7(19-11-14-15-16-17(11)2)10(18)13-9-5-3-4-8(12)6-9/h3-7H,12H2,1-2H3,(H,13,18). The van der Waals surface area contributed by atoms with Crippen LogP contribution in [0.1, 0.15) is 6.92 Å². The number of aryl methyl sites for hydroxylation is 1. The summed E-state index contributed by atoms with van der Waals surface area (Å²) in [6.45, 7) is 1.79. The monoisotopic (exact) mass is 278 g/mol. The Morgan fingerprint density at radius 3 is 2.95 bits per heavy atom. The first kappa shape index (κ1) is 13.3. The molecule has 0 bridgehead atoms. The van der Waals surface area contributed by atoms with Crippen molar-refractivity contribution in [3.63, 3.8) is 0 Å². The van der Waals surface area contributed by atoms with E-state index in [1.165, 1.54) is 16.4 Å². The third-order valence-corrected chi connectivity index (χ3v) is 3.51. The zero-order valence-electron chi connectivity index (χ0n) is 10.6. The van der Waals surface area contributed by atoms with E-state index in [-0.39, 0.29) is 11.2 Å². The molecule has 100 valence electrons. The summed E-state index contributed by atoms with van der Waals surface area (Å²) in [5, 5.41) is 14.1. The maximum atomic E-state index is 12.0. The Bertz CT molecular complexity index is 584. The van der Waals surface area contributed by atoms with Crippen molar-refractivity contribution in [3.05, 3.63) is 24.3 Å². The molecule has 0 fully saturated rings. The lowest BCUT2D eigenvalue weighted by Gasteiger charge is -2.11. The van der Waals surface area contributed by atoms with Crippen LogP contribution >= 0.6 is 11.8 Å². The zero-order chi connectivity index (χ0) is 13.8. The molecular formula is C11H14N6OS. The first-order chi connectivity index (χ1) is 9.06. The van der Waals surface area contributed by atoms with Gasteiger partial charge in [-0.1, -0.05) is 17.8 Å². The molecule has 2 rings (SSSR count). The number of nitrogens with zero attached hydrogens (tertiary/aromatic N) is 4. The van der Waals surface area contributed by atoms with Gasteiger partial charge in [-0.05, 0) is 35.5 Å². The molecule has 3 N–H and O–H groups in total. The summed E-state index contributed by atoms with van der Waals surface area (Å²) >= 11 is 1.29. The highest BCUT2D eigenvalue weighted by molar-refractivity contribution is 8.00. The molecule has 0 radical (unpaired) electrons. The molecule has 1 atom stereocenters. The van der Waals surface area contributed by atoms with Crippen LogP contribution in [0.2, 0.25) is 0 Å². The predicted molar refractivity (Wildman–Crippen MR) is 73.6 cm³/mol. The van der Waals surface area contributed by atoms with Gasteiger partial charge in [0.1, 0.15) is 0 Å². The number of tetrazole rings is 1. The molecule has 7 nitrogen and oxygen atoms in total. The number of amides is 1. The van der Waals surface area contributed by atoms with Gasteiger partial charge in [-0.15, -0.1) is 5.10 Å². The lowest BCUT2D eigenvalue weighted by molar-refractivity contribution is -0.115. The SMILES string of the molecule is CC(Sc1nnnn1C)C(=O)Nc1cccc(N)c1. The van der Waals surface area contributed by atoms with Gasteiger partial charge in [-0.3, -0.25) is 4.79 Å². The Hall–Kier alpha value is -2.09. The maximum absolute atomic E-state index is 12.0. The van der Waals surface area contributed by atoms with Crippen LogP contribution in [0.5, 0.6) is 0 Å². The molecule has 0 aliphatic rings. The van der Waals surface area contributed by atoms with E-state index >= 15 is 0 Å². The number of nitrogen functional groups attached to an aromatic ring is 1. The summed E-state index contributed by atoms with van der Waals surface area (Å²) in [4.78, 5) is 12.0. The van der Waals surface area contributed by atoms with Gasteiger partial charge in [-0.25, -0.2) is 4.68 Å². The van der Waals surface area contributed by atoms with E-state index in [2.05, 4.69) is 20.8 Å². The molecular weight excluding hydrogens is 264 g/mol. The van der Waals surface area contributed by atoms with E-state index in [0.29, 0.717) is 16.5 Å². The molecule has 19 heavy (non-hydrogen) atoms. The van der Waals surface area contributed by atoms with Crippen molar-refractivity contribution in [1.82, 2.24) is 20.2 Å². The van der Waals surface area contributed by atoms with E-state index in [4.69, 9.17) is 5.73 Å². The van der Waals surface area contributed by atoms with Crippen molar-refractivity contribution < 1.29 is 4.79 Å². The van der Waals surface area contributed by atoms with Crippen LogP contribution in [0, 0.1) is 0 Å². The normalized spacial score (nSPS) is 12.1. The second-order valence-corrected chi connectivity index (χ2v) is 5.27. The Morgan fingerprint density at radius 1 is 1.53 bits per heavy atom. The number of benzene rings is 1. The lowest BCUT2D eigenvalue weighted by atomic mass is 10.3. The van der Waals surface area contributed by atoms with E-state index in [0.717, 1.165) is 0 Å². The summed E-state index contributed by atoms with van der Waals surface area (Å²) in [6, 6.07) is 7.04. The first-order valence-corrected chi connectivity index (χ1v) is 6.49. The van der Waals surface area contributed by atoms with Crippen molar-refractivity contribution in [1.29, 1.82) is 0 Å². The molecule has 8 heteroatoms. The average molecular weight is 278 g/mol. The van der Waals surface area contributed by atoms with Crippen LogP contribution in [0.3, 0.4) is 0 Å². The summed E-state index contributed by atoms with van der Waals surface area (Å²) in [7, 11) is 1.73. The smallest absolute Gasteiger partial charge is 0.237 e. The molecule has 1 aromatic heterocycles. The minimum atomic E-state index is -0.314. The Morgan fingerprint density at radius 2 is 2.32 bits per heavy atom. The Labute approximate surface area is 114 Å². The number of carbonyl (C=O) groups excluding carboxylic acids is 1. The highest BCUT2D eigenvalue weighted by Crippen LogP contribution is 2.21. The molecule has 1 unspecified atom stereocenters. The molecule has 1 aromatic carbocycles. The highest BCUT2D eigenvalue weighted by Gasteiger charge is 2.17. The molecule has 1 amide bonds. The molecule has 0 aliphatic carbocycles. The largest absolute Gasteiger partial charge is 0.399 e. The van der Waals surface area contributed by atoms with Gasteiger partial charge in [0.05, 0.1) is 5.25 Å². The molecule has 2 aromatic rings. The van der Waals surface area contributed by atoms with Gasteiger partial charge >= 0.3 is 0 Å². The molecule has 0 aliphatic heterocycles. The summed E-state index contributed by atoms with van der Waals surface area (Å²) in [6.07, 6.45) is 0. The molecule has 0 saturated heterocycles. The number of aromatic nitrogens is 4. The van der Waals surface area contributed by atoms with Gasteiger partial charge in [0.2, 0.25) is 11.1 Å². The third-order valence-electron chi connectivity index (χ3n) is 2.39. The van der Waals surface area contributed by atoms with Crippen LogP contribution in [-0.2, 0) is 11.8 Å². The van der Waals surface area contributed by atoms with Crippen LogP contribution in [0.25, 0.3) is 0 Å². The Kier molecular flexibility index (Phi) is 4.00. The average Bonchev–Trinajstić information content (AvgIpc) is 2.75. The fourth-order valence-electron chi connectivity index (χ4n) is 1.39. The highest BCUT2D eigenvalue weighted by atomic mass is 32.2. The van der Waals surface area contributed by atoms with Gasteiger partial charge in [-0.2, -0.15) is 0 Å². The van der Waals surface area contributed by atoms with Crippen LogP contribution in [0.4, 0.5) is 11.4 Å². The van der Waals surface area contributed by atoms with Gasteiger partial charge < -0.3 is 11.1 Å². The third kappa shape index (κ3) is 3.44. The number of nitrogens with one attached hydrogen (secondary N) is 1. The quantitative estimate of drug-likeness (QED) is 0.637. The second kappa shape index (κ2) is 5.70. The number of rotatable bonds is 4. The molecule has 0 saturated carbocycles. The summed E-state index contributed by atoms with van der Waals surface area (Å²) in [5.41, 5.74) is 6.94. The fraction of sp³-hybridized carbons (Fsp3) is 0.273. The maximum Gasteiger partial charge on any atom is 0.237 e. The van der Waals surface area contributed by atoms with E-state index in [9.17, 15) is 4.79 Å². The van der Waals surface area contributed by atoms with Crippen molar-refractivity contribution in [2.75, 3.05) is 11.1 Å². The topological polar surface area (TPSA) is 98.7 Å². The minimum Gasteiger partial charge on any atom is -0.399 e. The van der Waals surface area contributed by atoms with Crippen LogP contribution in [-0.4, -0.2) is 31.4 Å².